The molecule has 2 amide bonds. The van der Waals surface area contributed by atoms with Gasteiger partial charge < -0.3 is 29.7 Å². The van der Waals surface area contributed by atoms with Crippen molar-refractivity contribution < 1.29 is 24.2 Å². The van der Waals surface area contributed by atoms with E-state index in [-0.39, 0.29) is 30.2 Å². The zero-order valence-corrected chi connectivity index (χ0v) is 26.5. The molecule has 0 aromatic heterocycles. The average molecular weight is 588 g/mol. The number of benzene rings is 2. The van der Waals surface area contributed by atoms with Gasteiger partial charge in [0.1, 0.15) is 0 Å². The predicted octanol–water partition coefficient (Wildman–Crippen LogP) is 5.35. The number of nitrogens with one attached hydrogen (secondary N) is 1. The number of ether oxygens (including phenoxy) is 2. The van der Waals surface area contributed by atoms with Gasteiger partial charge in [0.15, 0.2) is 11.5 Å². The molecule has 1 aliphatic rings. The molecule has 2 atom stereocenters. The Balaban J connectivity index is 1.84. The van der Waals surface area contributed by atoms with Crippen LogP contribution in [-0.2, 0) is 16.0 Å². The van der Waals surface area contributed by atoms with Crippen LogP contribution in [0.4, 0.5) is 0 Å². The summed E-state index contributed by atoms with van der Waals surface area (Å²) in [6.45, 7) is 17.7. The number of hydrogen-bond donors (Lipinski definition) is 2. The van der Waals surface area contributed by atoms with Crippen LogP contribution in [0, 0.1) is 0 Å². The number of fused-ring (bicyclic) bond motifs is 1. The smallest absolute Gasteiger partial charge is 0.415 e. The van der Waals surface area contributed by atoms with Gasteiger partial charge in [0.2, 0.25) is 0 Å². The summed E-state index contributed by atoms with van der Waals surface area (Å²) >= 11 is 6.06. The van der Waals surface area contributed by atoms with E-state index >= 15 is 0 Å². The zero-order chi connectivity index (χ0) is 30.6. The summed E-state index contributed by atoms with van der Waals surface area (Å²) in [5.74, 6) is -2.46. The number of nitrogens with zero attached hydrogens (tertiary/aromatic N) is 2. The van der Waals surface area contributed by atoms with Crippen molar-refractivity contribution in [2.45, 2.75) is 111 Å². The van der Waals surface area contributed by atoms with Gasteiger partial charge >= 0.3 is 17.6 Å². The minimum atomic E-state index is -2.14. The fourth-order valence-electron chi connectivity index (χ4n) is 5.48. The first-order valence-electron chi connectivity index (χ1n) is 14.5. The molecule has 3 rings (SSSR count). The maximum Gasteiger partial charge on any atom is 0.415 e. The van der Waals surface area contributed by atoms with Gasteiger partial charge in [-0.15, -0.1) is 0 Å². The Kier molecular flexibility index (Phi) is 10.7. The number of carbonyl (C=O) groups is 2. The van der Waals surface area contributed by atoms with Gasteiger partial charge in [0.05, 0.1) is 6.10 Å². The Morgan fingerprint density at radius 2 is 1.37 bits per heavy atom. The summed E-state index contributed by atoms with van der Waals surface area (Å²) in [5.41, 5.74) is 1.69. The predicted molar refractivity (Wildman–Crippen MR) is 162 cm³/mol. The number of hydrogen-bond acceptors (Lipinski definition) is 6. The Morgan fingerprint density at radius 1 is 0.829 bits per heavy atom. The molecule has 8 nitrogen and oxygen atoms in total. The highest BCUT2D eigenvalue weighted by Gasteiger charge is 2.60. The molecular weight excluding hydrogens is 542 g/mol. The summed E-state index contributed by atoms with van der Waals surface area (Å²) in [6, 6.07) is 12.0. The van der Waals surface area contributed by atoms with Crippen molar-refractivity contribution in [1.29, 1.82) is 0 Å². The fourth-order valence-corrected chi connectivity index (χ4v) is 5.68. The third-order valence-corrected chi connectivity index (χ3v) is 7.44. The Hall–Kier alpha value is -2.81. The minimum Gasteiger partial charge on any atom is -0.433 e. The normalized spacial score (nSPS) is 15.5. The van der Waals surface area contributed by atoms with Gasteiger partial charge in [-0.3, -0.25) is 9.59 Å². The van der Waals surface area contributed by atoms with Crippen LogP contribution in [0.3, 0.4) is 0 Å². The van der Waals surface area contributed by atoms with E-state index < -0.39 is 23.7 Å². The van der Waals surface area contributed by atoms with Crippen LogP contribution in [0.1, 0.15) is 79.5 Å². The van der Waals surface area contributed by atoms with Crippen molar-refractivity contribution in [2.75, 3.05) is 6.54 Å². The number of carbonyl (C=O) groups excluding carboxylic acids is 2. The van der Waals surface area contributed by atoms with E-state index in [4.69, 9.17) is 21.1 Å². The van der Waals surface area contributed by atoms with Crippen LogP contribution in [0.2, 0.25) is 5.02 Å². The second kappa shape index (κ2) is 13.4. The Morgan fingerprint density at radius 3 is 1.88 bits per heavy atom. The topological polar surface area (TPSA) is 91.3 Å². The maximum absolute atomic E-state index is 14.1. The van der Waals surface area contributed by atoms with Crippen LogP contribution >= 0.6 is 11.6 Å². The number of halogens is 1. The molecular formula is C32H46ClN3O5. The molecule has 0 saturated carbocycles. The summed E-state index contributed by atoms with van der Waals surface area (Å²) < 4.78 is 12.5. The summed E-state index contributed by atoms with van der Waals surface area (Å²) in [6.07, 6.45) is -0.0672. The van der Waals surface area contributed by atoms with E-state index in [1.807, 2.05) is 86.6 Å². The molecule has 0 bridgehead atoms. The van der Waals surface area contributed by atoms with Crippen molar-refractivity contribution in [2.24, 2.45) is 0 Å². The monoisotopic (exact) mass is 587 g/mol. The lowest BCUT2D eigenvalue weighted by molar-refractivity contribution is -0.190. The standard InChI is InChI=1S/C32H46ClN3O5/c1-19(2)35(20(3)4)30(38)32(31(39)36(21(5)6)22(7)8)40-28-14-13-24(16-29(28)41-32)15-23(9)34-18-27(37)25-11-10-12-26(33)17-25/h10-14,16-17,19-23,27,34,37H,15,18H2,1-9H3. The van der Waals surface area contributed by atoms with Gasteiger partial charge in [0.25, 0.3) is 0 Å². The molecule has 0 spiro atoms. The third kappa shape index (κ3) is 7.34. The molecule has 9 heteroatoms. The Labute approximate surface area is 249 Å². The lowest BCUT2D eigenvalue weighted by atomic mass is 10.1. The highest BCUT2D eigenvalue weighted by atomic mass is 35.5. The first kappa shape index (κ1) is 32.7. The SMILES string of the molecule is CC(Cc1ccc2c(c1)OC(C(=O)N(C(C)C)C(C)C)(C(=O)N(C(C)C)C(C)C)O2)NCC(O)c1cccc(Cl)c1. The lowest BCUT2D eigenvalue weighted by Crippen LogP contribution is -2.67. The Bertz CT molecular complexity index is 1170. The summed E-state index contributed by atoms with van der Waals surface area (Å²) in [7, 11) is 0. The first-order chi connectivity index (χ1) is 19.2. The average Bonchev–Trinajstić information content (AvgIpc) is 3.26. The lowest BCUT2D eigenvalue weighted by Gasteiger charge is -2.40. The largest absolute Gasteiger partial charge is 0.433 e. The van der Waals surface area contributed by atoms with Crippen molar-refractivity contribution in [3.8, 4) is 11.5 Å². The highest BCUT2D eigenvalue weighted by molar-refractivity contribution is 6.30. The molecule has 1 aliphatic heterocycles. The fraction of sp³-hybridized carbons (Fsp3) is 0.562. The van der Waals surface area contributed by atoms with Crippen LogP contribution in [-0.4, -0.2) is 69.3 Å². The molecule has 2 unspecified atom stereocenters. The second-order valence-corrected chi connectivity index (χ2v) is 12.4. The minimum absolute atomic E-state index is 0.0203. The van der Waals surface area contributed by atoms with Crippen LogP contribution in [0.25, 0.3) is 0 Å². The molecule has 1 heterocycles. The molecule has 41 heavy (non-hydrogen) atoms. The number of aliphatic hydroxyl groups is 1. The van der Waals surface area contributed by atoms with Crippen LogP contribution in [0.5, 0.6) is 11.5 Å². The molecule has 226 valence electrons. The number of rotatable bonds is 12. The molecule has 2 aromatic carbocycles. The van der Waals surface area contributed by atoms with E-state index in [1.54, 1.807) is 28.0 Å². The van der Waals surface area contributed by atoms with E-state index in [0.29, 0.717) is 29.5 Å². The van der Waals surface area contributed by atoms with E-state index in [0.717, 1.165) is 11.1 Å². The number of amides is 2. The van der Waals surface area contributed by atoms with Crippen molar-refractivity contribution in [1.82, 2.24) is 15.1 Å². The molecule has 0 radical (unpaired) electrons. The summed E-state index contributed by atoms with van der Waals surface area (Å²) in [5, 5.41) is 14.5. The highest BCUT2D eigenvalue weighted by Crippen LogP contribution is 2.43. The quantitative estimate of drug-likeness (QED) is 0.325. The molecule has 0 fully saturated rings. The summed E-state index contributed by atoms with van der Waals surface area (Å²) in [4.78, 5) is 31.6. The van der Waals surface area contributed by atoms with Crippen molar-refractivity contribution in [3.63, 3.8) is 0 Å². The molecule has 2 aromatic rings. The van der Waals surface area contributed by atoms with E-state index in [2.05, 4.69) is 5.32 Å². The second-order valence-electron chi connectivity index (χ2n) is 12.0. The first-order valence-corrected chi connectivity index (χ1v) is 14.9. The van der Waals surface area contributed by atoms with E-state index in [1.165, 1.54) is 0 Å². The van der Waals surface area contributed by atoms with Crippen LogP contribution in [0.15, 0.2) is 42.5 Å². The van der Waals surface area contributed by atoms with Gasteiger partial charge in [-0.25, -0.2) is 0 Å². The van der Waals surface area contributed by atoms with E-state index in [9.17, 15) is 14.7 Å². The van der Waals surface area contributed by atoms with Crippen molar-refractivity contribution >= 4 is 23.4 Å². The van der Waals surface area contributed by atoms with Crippen molar-refractivity contribution in [3.05, 3.63) is 58.6 Å². The van der Waals surface area contributed by atoms with Gasteiger partial charge in [-0.05, 0) is 104 Å². The van der Waals surface area contributed by atoms with Gasteiger partial charge in [-0.2, -0.15) is 0 Å². The van der Waals surface area contributed by atoms with Gasteiger partial charge in [-0.1, -0.05) is 29.8 Å². The zero-order valence-electron chi connectivity index (χ0n) is 25.8. The maximum atomic E-state index is 14.1. The molecule has 0 saturated heterocycles. The third-order valence-electron chi connectivity index (χ3n) is 7.21. The molecule has 0 aliphatic carbocycles. The van der Waals surface area contributed by atoms with Gasteiger partial charge in [0, 0.05) is 41.8 Å². The molecule has 2 N–H and O–H groups in total. The number of aliphatic hydroxyl groups excluding tert-OH is 1. The van der Waals surface area contributed by atoms with Crippen LogP contribution < -0.4 is 14.8 Å².